The Morgan fingerprint density at radius 3 is 2.24 bits per heavy atom. The van der Waals surface area contributed by atoms with Crippen molar-refractivity contribution >= 4 is 33.4 Å². The predicted molar refractivity (Wildman–Crippen MR) is 258 cm³/mol. The van der Waals surface area contributed by atoms with Gasteiger partial charge in [0.2, 0.25) is 0 Å². The number of anilines is 1. The number of ether oxygens (including phenoxy) is 3. The van der Waals surface area contributed by atoms with Crippen molar-refractivity contribution in [1.82, 2.24) is 9.55 Å². The SMILES string of the molecule is CCCCC[C@H](O)/C=C\[C@@H]1[C@H](O)[C@H](O)[C@H]2COP(=O)(O)OP(=O)(O)OC[C@@H](COC(=O)CCCCCCCCCCC(C)CC)OC(=O)CCCC=CC[C@H]([C@H](n3ccc(N)nc3=O)O2)[C@@H](O)C[C@H]1O. The molecule has 3 rings (SSSR count). The molecule has 2 aliphatic rings. The van der Waals surface area contributed by atoms with Crippen LogP contribution in [0.5, 0.6) is 0 Å². The highest BCUT2D eigenvalue weighted by Gasteiger charge is 2.45. The van der Waals surface area contributed by atoms with Gasteiger partial charge in [0.1, 0.15) is 30.9 Å². The van der Waals surface area contributed by atoms with Crippen LogP contribution in [-0.4, -0.2) is 119 Å². The summed E-state index contributed by atoms with van der Waals surface area (Å²) in [5.74, 6) is -3.37. The van der Waals surface area contributed by atoms with Gasteiger partial charge in [-0.05, 0) is 44.1 Å². The first-order valence-corrected chi connectivity index (χ1v) is 28.0. The number of aliphatic hydroxyl groups is 5. The van der Waals surface area contributed by atoms with E-state index in [1.54, 1.807) is 12.2 Å². The second kappa shape index (κ2) is 32.3. The molecule has 70 heavy (non-hydrogen) atoms. The number of nitrogens with zero attached hydrogens (tertiary/aromatic N) is 2. The maximum absolute atomic E-state index is 13.3. The Morgan fingerprint density at radius 1 is 0.914 bits per heavy atom. The summed E-state index contributed by atoms with van der Waals surface area (Å²) >= 11 is 0. The fourth-order valence-electron chi connectivity index (χ4n) is 8.21. The normalized spacial score (nSPS) is 31.2. The monoisotopic (exact) mass is 1040 g/mol. The highest BCUT2D eigenvalue weighted by atomic mass is 31.3. The van der Waals surface area contributed by atoms with Gasteiger partial charge in [-0.25, -0.2) is 13.9 Å². The van der Waals surface area contributed by atoms with Crippen molar-refractivity contribution in [3.8, 4) is 0 Å². The summed E-state index contributed by atoms with van der Waals surface area (Å²) in [6, 6.07) is 1.24. The molecule has 1 aromatic heterocycles. The molecule has 21 nitrogen and oxygen atoms in total. The molecule has 13 atom stereocenters. The van der Waals surface area contributed by atoms with Gasteiger partial charge in [0.25, 0.3) is 0 Å². The average molecular weight is 1040 g/mol. The van der Waals surface area contributed by atoms with Gasteiger partial charge in [0.15, 0.2) is 6.10 Å². The van der Waals surface area contributed by atoms with Crippen LogP contribution in [0.3, 0.4) is 0 Å². The average Bonchev–Trinajstić information content (AvgIpc) is 3.29. The van der Waals surface area contributed by atoms with Crippen LogP contribution in [0.2, 0.25) is 0 Å². The molecule has 1 saturated heterocycles. The largest absolute Gasteiger partial charge is 0.481 e. The van der Waals surface area contributed by atoms with Crippen LogP contribution >= 0.6 is 15.6 Å². The third-order valence-corrected chi connectivity index (χ3v) is 15.2. The zero-order valence-corrected chi connectivity index (χ0v) is 42.9. The van der Waals surface area contributed by atoms with Gasteiger partial charge in [-0.1, -0.05) is 122 Å². The van der Waals surface area contributed by atoms with Gasteiger partial charge < -0.3 is 55.3 Å². The number of nitrogens with two attached hydrogens (primary N) is 1. The number of aliphatic hydroxyl groups excluding tert-OH is 5. The molecule has 3 unspecified atom stereocenters. The number of unbranched alkanes of at least 4 members (excludes halogenated alkanes) is 9. The van der Waals surface area contributed by atoms with Crippen LogP contribution in [0.15, 0.2) is 41.4 Å². The number of carbonyl (C=O) groups is 2. The summed E-state index contributed by atoms with van der Waals surface area (Å²) in [4.78, 5) is 64.0. The van der Waals surface area contributed by atoms with Crippen LogP contribution in [0.1, 0.15) is 155 Å². The van der Waals surface area contributed by atoms with Crippen molar-refractivity contribution in [2.24, 2.45) is 17.8 Å². The number of aromatic nitrogens is 2. The Morgan fingerprint density at radius 2 is 1.57 bits per heavy atom. The number of rotatable bonds is 21. The quantitative estimate of drug-likeness (QED) is 0.0300. The molecule has 1 fully saturated rings. The molecule has 402 valence electrons. The van der Waals surface area contributed by atoms with E-state index in [0.29, 0.717) is 19.3 Å². The molecule has 0 spiro atoms. The smallest absolute Gasteiger partial charge is 0.462 e. The van der Waals surface area contributed by atoms with E-state index in [0.717, 1.165) is 49.0 Å². The molecule has 9 N–H and O–H groups in total. The number of phosphoric acid groups is 2. The van der Waals surface area contributed by atoms with Gasteiger partial charge in [-0.3, -0.25) is 23.2 Å². The second-order valence-corrected chi connectivity index (χ2v) is 21.6. The molecule has 0 saturated carbocycles. The number of nitrogen functional groups attached to an aromatic ring is 1. The third kappa shape index (κ3) is 23.3. The number of carbonyl (C=O) groups excluding carboxylic acids is 2. The Bertz CT molecular complexity index is 1900. The van der Waals surface area contributed by atoms with E-state index in [4.69, 9.17) is 29.0 Å². The highest BCUT2D eigenvalue weighted by molar-refractivity contribution is 7.61. The minimum absolute atomic E-state index is 0.0816. The lowest BCUT2D eigenvalue weighted by Gasteiger charge is -2.40. The first-order chi connectivity index (χ1) is 33.3. The lowest BCUT2D eigenvalue weighted by atomic mass is 9.82. The number of cyclic esters (lactones) is 1. The van der Waals surface area contributed by atoms with Crippen LogP contribution < -0.4 is 11.4 Å². The summed E-state index contributed by atoms with van der Waals surface area (Å²) in [6.07, 6.45) is 7.09. The Kier molecular flexibility index (Phi) is 28.4. The van der Waals surface area contributed by atoms with E-state index >= 15 is 0 Å². The number of phosphoric ester groups is 2. The Hall–Kier alpha value is -2.88. The van der Waals surface area contributed by atoms with Crippen molar-refractivity contribution in [3.05, 3.63) is 47.1 Å². The van der Waals surface area contributed by atoms with Gasteiger partial charge in [0.05, 0.1) is 37.6 Å². The zero-order chi connectivity index (χ0) is 51.7. The van der Waals surface area contributed by atoms with Crippen molar-refractivity contribution in [2.45, 2.75) is 198 Å². The van der Waals surface area contributed by atoms with Crippen LogP contribution in [0.4, 0.5) is 5.82 Å². The van der Waals surface area contributed by atoms with Crippen LogP contribution in [-0.2, 0) is 46.3 Å². The molecular formula is C47H81N3O18P2. The predicted octanol–water partition coefficient (Wildman–Crippen LogP) is 6.07. The maximum Gasteiger partial charge on any atom is 0.481 e. The van der Waals surface area contributed by atoms with E-state index in [9.17, 15) is 58.8 Å². The van der Waals surface area contributed by atoms with Gasteiger partial charge in [-0.2, -0.15) is 9.29 Å². The summed E-state index contributed by atoms with van der Waals surface area (Å²) in [5.41, 5.74) is 4.77. The van der Waals surface area contributed by atoms with E-state index in [1.165, 1.54) is 56.5 Å². The van der Waals surface area contributed by atoms with E-state index < -0.39 is 120 Å². The second-order valence-electron chi connectivity index (χ2n) is 18.5. The van der Waals surface area contributed by atoms with Crippen molar-refractivity contribution in [3.63, 3.8) is 0 Å². The standard InChI is InChI=1S/C47H81N3O18P2/c1-4-6-15-21-34(51)25-26-36-38(52)29-39(53)37-22-17-13-14-19-24-43(55)66-35(30-63-42(54)23-18-12-10-8-7-9-11-16-20-33(3)5-2)31-64-69(59,60)68-70(61,62)65-32-40(45(57)44(36)56)67-46(37)50-28-27-41(48)49-47(50)58/h13,17,25-28,33-40,44-46,51-53,56-57H,4-12,14-16,18-24,29-32H2,1-3H3,(H,59,60)(H,61,62)(H2,48,49,58)/b17-13?,26-25-/t33?,34-,35+,36-,37-,38+,39-,40+,44-,45+,46+/m0/s1. The molecule has 0 amide bonds. The fraction of sp³-hybridized carbons (Fsp3) is 0.787. The van der Waals surface area contributed by atoms with Crippen molar-refractivity contribution in [2.75, 3.05) is 25.6 Å². The number of esters is 2. The van der Waals surface area contributed by atoms with Gasteiger partial charge in [0, 0.05) is 37.3 Å². The summed E-state index contributed by atoms with van der Waals surface area (Å²) in [7, 11) is -11.3. The molecule has 2 aliphatic heterocycles. The lowest BCUT2D eigenvalue weighted by Crippen LogP contribution is -2.52. The van der Waals surface area contributed by atoms with E-state index in [-0.39, 0.29) is 37.9 Å². The lowest BCUT2D eigenvalue weighted by molar-refractivity contribution is -0.194. The molecule has 3 heterocycles. The fourth-order valence-corrected chi connectivity index (χ4v) is 10.3. The summed E-state index contributed by atoms with van der Waals surface area (Å²) in [6.45, 7) is 3.77. The third-order valence-electron chi connectivity index (χ3n) is 12.6. The number of hydrogen-bond donors (Lipinski definition) is 8. The minimum Gasteiger partial charge on any atom is -0.462 e. The van der Waals surface area contributed by atoms with Crippen LogP contribution in [0.25, 0.3) is 0 Å². The topological polar surface area (TPSA) is 326 Å². The summed E-state index contributed by atoms with van der Waals surface area (Å²) < 4.78 is 58.9. The minimum atomic E-state index is -5.70. The molecule has 2 bridgehead atoms. The number of hydrogen-bond acceptors (Lipinski definition) is 18. The number of fused-ring (bicyclic) bond motifs is 3. The zero-order valence-electron chi connectivity index (χ0n) is 41.1. The molecular weight excluding hydrogens is 956 g/mol. The van der Waals surface area contributed by atoms with Crippen molar-refractivity contribution < 1.29 is 81.6 Å². The molecule has 0 radical (unpaired) electrons. The maximum atomic E-state index is 13.3. The number of allylic oxidation sites excluding steroid dienone is 2. The van der Waals surface area contributed by atoms with Gasteiger partial charge in [-0.15, -0.1) is 0 Å². The molecule has 0 aromatic carbocycles. The van der Waals surface area contributed by atoms with Crippen molar-refractivity contribution in [1.29, 1.82) is 0 Å². The Balaban J connectivity index is 1.85. The van der Waals surface area contributed by atoms with Gasteiger partial charge >= 0.3 is 33.3 Å². The molecule has 1 aromatic rings. The summed E-state index contributed by atoms with van der Waals surface area (Å²) in [5, 5.41) is 57.3. The first kappa shape index (κ1) is 61.4. The Labute approximate surface area is 412 Å². The molecule has 0 aliphatic carbocycles. The highest BCUT2D eigenvalue weighted by Crippen LogP contribution is 2.60. The molecule has 23 heteroatoms. The first-order valence-electron chi connectivity index (χ1n) is 25.0. The van der Waals surface area contributed by atoms with E-state index in [1.807, 2.05) is 6.92 Å². The van der Waals surface area contributed by atoms with Crippen LogP contribution in [0, 0.1) is 17.8 Å². The van der Waals surface area contributed by atoms with E-state index in [2.05, 4.69) is 23.1 Å².